The van der Waals surface area contributed by atoms with Crippen molar-refractivity contribution in [2.75, 3.05) is 46.3 Å². The number of rotatable bonds is 8. The molecule has 7 heteroatoms. The van der Waals surface area contributed by atoms with Gasteiger partial charge in [-0.1, -0.05) is 38.1 Å². The van der Waals surface area contributed by atoms with Crippen molar-refractivity contribution in [1.82, 2.24) is 20.0 Å². The zero-order valence-corrected chi connectivity index (χ0v) is 21.1. The standard InChI is InChI=1S/C23H37N5O.HI/c1-4-26(5-2)16-21-11-13-28(18-21)23(24-3)25-15-19-8-6-9-20(14-19)17-27-12-7-10-22(27)29;/h6,8-9,14,21H,4-5,7,10-13,15-18H2,1-3H3,(H,24,25);1H. The van der Waals surface area contributed by atoms with Crippen LogP contribution in [0.2, 0.25) is 0 Å². The highest BCUT2D eigenvalue weighted by atomic mass is 127. The van der Waals surface area contributed by atoms with Crippen LogP contribution in [0.4, 0.5) is 0 Å². The molecule has 1 atom stereocenters. The van der Waals surface area contributed by atoms with Crippen LogP contribution < -0.4 is 5.32 Å². The molecule has 168 valence electrons. The molecular weight excluding hydrogens is 489 g/mol. The summed E-state index contributed by atoms with van der Waals surface area (Å²) in [5.41, 5.74) is 2.43. The summed E-state index contributed by atoms with van der Waals surface area (Å²) in [6, 6.07) is 8.55. The van der Waals surface area contributed by atoms with E-state index in [1.807, 2.05) is 11.9 Å². The van der Waals surface area contributed by atoms with Crippen molar-refractivity contribution in [1.29, 1.82) is 0 Å². The van der Waals surface area contributed by atoms with Crippen LogP contribution in [-0.4, -0.2) is 72.9 Å². The molecule has 1 N–H and O–H groups in total. The van der Waals surface area contributed by atoms with E-state index >= 15 is 0 Å². The van der Waals surface area contributed by atoms with Crippen LogP contribution in [0.1, 0.15) is 44.2 Å². The molecule has 0 saturated carbocycles. The molecule has 0 aliphatic carbocycles. The Morgan fingerprint density at radius 2 is 2.00 bits per heavy atom. The highest BCUT2D eigenvalue weighted by Crippen LogP contribution is 2.18. The number of guanidine groups is 1. The van der Waals surface area contributed by atoms with Crippen molar-refractivity contribution in [3.63, 3.8) is 0 Å². The van der Waals surface area contributed by atoms with E-state index < -0.39 is 0 Å². The van der Waals surface area contributed by atoms with Crippen molar-refractivity contribution in [3.8, 4) is 0 Å². The molecule has 1 aromatic rings. The first-order chi connectivity index (χ1) is 14.1. The van der Waals surface area contributed by atoms with E-state index in [2.05, 4.69) is 58.2 Å². The van der Waals surface area contributed by atoms with Gasteiger partial charge in [0.25, 0.3) is 0 Å². The Hall–Kier alpha value is -1.35. The Morgan fingerprint density at radius 3 is 2.67 bits per heavy atom. The van der Waals surface area contributed by atoms with Gasteiger partial charge in [0.1, 0.15) is 0 Å². The average Bonchev–Trinajstić information content (AvgIpc) is 3.36. The maximum absolute atomic E-state index is 11.9. The second-order valence-corrected chi connectivity index (χ2v) is 8.23. The molecule has 1 aromatic carbocycles. The van der Waals surface area contributed by atoms with E-state index in [-0.39, 0.29) is 29.9 Å². The van der Waals surface area contributed by atoms with Gasteiger partial charge in [0.15, 0.2) is 5.96 Å². The molecule has 3 rings (SSSR count). The van der Waals surface area contributed by atoms with Crippen molar-refractivity contribution in [3.05, 3.63) is 35.4 Å². The minimum atomic E-state index is 0. The normalized spacial score (nSPS) is 19.5. The van der Waals surface area contributed by atoms with Crippen molar-refractivity contribution < 1.29 is 4.79 Å². The summed E-state index contributed by atoms with van der Waals surface area (Å²) in [7, 11) is 1.87. The van der Waals surface area contributed by atoms with Gasteiger partial charge >= 0.3 is 0 Å². The van der Waals surface area contributed by atoms with E-state index in [1.54, 1.807) is 0 Å². The van der Waals surface area contributed by atoms with Gasteiger partial charge in [0, 0.05) is 52.7 Å². The molecule has 1 amide bonds. The van der Waals surface area contributed by atoms with Crippen LogP contribution >= 0.6 is 24.0 Å². The smallest absolute Gasteiger partial charge is 0.222 e. The van der Waals surface area contributed by atoms with Crippen LogP contribution in [0.15, 0.2) is 29.3 Å². The lowest BCUT2D eigenvalue weighted by Gasteiger charge is -2.24. The molecule has 2 fully saturated rings. The molecule has 2 aliphatic rings. The summed E-state index contributed by atoms with van der Waals surface area (Å²) in [6.07, 6.45) is 2.92. The van der Waals surface area contributed by atoms with Gasteiger partial charge in [-0.15, -0.1) is 24.0 Å². The summed E-state index contributed by atoms with van der Waals surface area (Å²) >= 11 is 0. The van der Waals surface area contributed by atoms with Gasteiger partial charge in [-0.25, -0.2) is 0 Å². The predicted octanol–water partition coefficient (Wildman–Crippen LogP) is 3.17. The van der Waals surface area contributed by atoms with Gasteiger partial charge in [0.2, 0.25) is 5.91 Å². The first-order valence-corrected chi connectivity index (χ1v) is 11.2. The topological polar surface area (TPSA) is 51.2 Å². The Bertz CT molecular complexity index is 707. The lowest BCUT2D eigenvalue weighted by atomic mass is 10.1. The van der Waals surface area contributed by atoms with Crippen LogP contribution in [0.5, 0.6) is 0 Å². The fourth-order valence-corrected chi connectivity index (χ4v) is 4.46. The monoisotopic (exact) mass is 527 g/mol. The number of hydrogen-bond acceptors (Lipinski definition) is 3. The van der Waals surface area contributed by atoms with Crippen molar-refractivity contribution in [2.24, 2.45) is 10.9 Å². The SMILES string of the molecule is CCN(CC)CC1CCN(C(=NC)NCc2cccc(CN3CCCC3=O)c2)C1.I. The first-order valence-electron chi connectivity index (χ1n) is 11.2. The van der Waals surface area contributed by atoms with Gasteiger partial charge in [-0.3, -0.25) is 9.79 Å². The van der Waals surface area contributed by atoms with Gasteiger partial charge in [0.05, 0.1) is 0 Å². The zero-order chi connectivity index (χ0) is 20.6. The minimum absolute atomic E-state index is 0. The zero-order valence-electron chi connectivity index (χ0n) is 18.8. The molecule has 2 saturated heterocycles. The highest BCUT2D eigenvalue weighted by Gasteiger charge is 2.26. The summed E-state index contributed by atoms with van der Waals surface area (Å²) < 4.78 is 0. The fraction of sp³-hybridized carbons (Fsp3) is 0.652. The molecule has 2 aliphatic heterocycles. The van der Waals surface area contributed by atoms with E-state index in [1.165, 1.54) is 24.1 Å². The molecule has 30 heavy (non-hydrogen) atoms. The minimum Gasteiger partial charge on any atom is -0.352 e. The third-order valence-electron chi connectivity index (χ3n) is 6.19. The maximum Gasteiger partial charge on any atom is 0.222 e. The third kappa shape index (κ3) is 6.83. The number of nitrogens with zero attached hydrogens (tertiary/aromatic N) is 4. The van der Waals surface area contributed by atoms with E-state index in [0.717, 1.165) is 64.1 Å². The summed E-state index contributed by atoms with van der Waals surface area (Å²) in [5, 5.41) is 3.54. The molecule has 2 heterocycles. The second kappa shape index (κ2) is 12.5. The second-order valence-electron chi connectivity index (χ2n) is 8.23. The Morgan fingerprint density at radius 1 is 1.23 bits per heavy atom. The molecule has 0 aromatic heterocycles. The van der Waals surface area contributed by atoms with Crippen LogP contribution in [0.3, 0.4) is 0 Å². The van der Waals surface area contributed by atoms with Crippen molar-refractivity contribution in [2.45, 2.75) is 46.2 Å². The molecular formula is C23H38IN5O. The molecule has 6 nitrogen and oxygen atoms in total. The van der Waals surface area contributed by atoms with Gasteiger partial charge in [-0.2, -0.15) is 0 Å². The van der Waals surface area contributed by atoms with Crippen LogP contribution in [0.25, 0.3) is 0 Å². The highest BCUT2D eigenvalue weighted by molar-refractivity contribution is 14.0. The van der Waals surface area contributed by atoms with Crippen molar-refractivity contribution >= 4 is 35.8 Å². The largest absolute Gasteiger partial charge is 0.352 e. The van der Waals surface area contributed by atoms with Crippen LogP contribution in [0, 0.1) is 5.92 Å². The molecule has 1 unspecified atom stereocenters. The number of benzene rings is 1. The Labute approximate surface area is 199 Å². The Kier molecular flexibility index (Phi) is 10.4. The Balaban J connectivity index is 0.00000320. The number of carbonyl (C=O) groups excluding carboxylic acids is 1. The predicted molar refractivity (Wildman–Crippen MR) is 134 cm³/mol. The lowest BCUT2D eigenvalue weighted by Crippen LogP contribution is -2.40. The van der Waals surface area contributed by atoms with E-state index in [0.29, 0.717) is 6.42 Å². The number of nitrogens with one attached hydrogen (secondary N) is 1. The lowest BCUT2D eigenvalue weighted by molar-refractivity contribution is -0.128. The van der Waals surface area contributed by atoms with E-state index in [9.17, 15) is 4.79 Å². The number of halogens is 1. The third-order valence-corrected chi connectivity index (χ3v) is 6.19. The van der Waals surface area contributed by atoms with E-state index in [4.69, 9.17) is 0 Å². The first kappa shape index (κ1) is 24.9. The number of hydrogen-bond donors (Lipinski definition) is 1. The summed E-state index contributed by atoms with van der Waals surface area (Å²) in [5.74, 6) is 1.99. The fourth-order valence-electron chi connectivity index (χ4n) is 4.46. The number of amides is 1. The molecule has 0 bridgehead atoms. The summed E-state index contributed by atoms with van der Waals surface area (Å²) in [6.45, 7) is 12.4. The summed E-state index contributed by atoms with van der Waals surface area (Å²) in [4.78, 5) is 23.3. The number of carbonyl (C=O) groups is 1. The van der Waals surface area contributed by atoms with Gasteiger partial charge < -0.3 is 20.0 Å². The quantitative estimate of drug-likeness (QED) is 0.321. The molecule has 0 spiro atoms. The average molecular weight is 527 g/mol. The maximum atomic E-state index is 11.9. The number of aliphatic imine (C=N–C) groups is 1. The molecule has 0 radical (unpaired) electrons. The van der Waals surface area contributed by atoms with Crippen LogP contribution in [-0.2, 0) is 17.9 Å². The van der Waals surface area contributed by atoms with Gasteiger partial charge in [-0.05, 0) is 43.0 Å². The number of likely N-dealkylation sites (tertiary alicyclic amines) is 2.